The van der Waals surface area contributed by atoms with Crippen molar-refractivity contribution in [2.45, 2.75) is 17.8 Å². The summed E-state index contributed by atoms with van der Waals surface area (Å²) in [5.41, 5.74) is 3.67. The first-order chi connectivity index (χ1) is 29.4. The Labute approximate surface area is 356 Å². The fourth-order valence-corrected chi connectivity index (χ4v) is 9.99. The lowest BCUT2D eigenvalue weighted by Crippen LogP contribution is -2.48. The standard InChI is InChI=1S/C51H34F6O2S2/c1-58-47-41(29-43(60-47)37-25-23-35(31-15-7-3-8-16-31)27-39(37)33-19-11-5-12-20-33)45-46(50(54,55)51(56,57)49(45,52)53)42-30-44(61-48(42)59-2)38-26-24-36(32-17-9-4-10-18-32)28-40(38)34-21-13-6-14-22-34/h3-30H,1-2H3. The van der Waals surface area contributed by atoms with E-state index in [1.165, 1.54) is 26.4 Å². The summed E-state index contributed by atoms with van der Waals surface area (Å²) in [6.07, 6.45) is 0. The zero-order valence-electron chi connectivity index (χ0n) is 32.6. The molecule has 0 saturated heterocycles. The van der Waals surface area contributed by atoms with E-state index in [1.807, 2.05) is 158 Å². The predicted octanol–water partition coefficient (Wildman–Crippen LogP) is 15.7. The Hall–Kier alpha value is -6.36. The summed E-state index contributed by atoms with van der Waals surface area (Å²) in [4.78, 5) is 0.714. The Morgan fingerprint density at radius 2 is 0.672 bits per heavy atom. The third-order valence-corrected chi connectivity index (χ3v) is 13.2. The number of thiophene rings is 2. The molecule has 1 aliphatic carbocycles. The van der Waals surface area contributed by atoms with Crippen molar-refractivity contribution in [2.24, 2.45) is 0 Å². The molecule has 10 heteroatoms. The average Bonchev–Trinajstić information content (AvgIpc) is 3.95. The molecule has 6 aromatic carbocycles. The SMILES string of the molecule is COc1sc(-c2ccc(-c3ccccc3)cc2-c2ccccc2)cc1C1=C(c2cc(-c3ccc(-c4ccccc4)cc3-c3ccccc3)sc2OC)C(F)(F)C(F)(F)C1(F)F. The van der Waals surface area contributed by atoms with Gasteiger partial charge in [0.25, 0.3) is 0 Å². The molecular weight excluding hydrogens is 823 g/mol. The van der Waals surface area contributed by atoms with Crippen molar-refractivity contribution < 1.29 is 35.8 Å². The van der Waals surface area contributed by atoms with Gasteiger partial charge in [0.1, 0.15) is 0 Å². The first kappa shape index (κ1) is 40.1. The van der Waals surface area contributed by atoms with Crippen molar-refractivity contribution in [3.8, 4) is 75.5 Å². The molecule has 2 nitrogen and oxygen atoms in total. The van der Waals surface area contributed by atoms with Gasteiger partial charge in [0.05, 0.1) is 14.2 Å². The quantitative estimate of drug-likeness (QED) is 0.128. The van der Waals surface area contributed by atoms with Gasteiger partial charge in [-0.3, -0.25) is 0 Å². The highest BCUT2D eigenvalue weighted by atomic mass is 32.1. The Kier molecular flexibility index (Phi) is 10.2. The smallest absolute Gasteiger partial charge is 0.380 e. The molecule has 0 unspecified atom stereocenters. The van der Waals surface area contributed by atoms with Crippen molar-refractivity contribution in [2.75, 3.05) is 14.2 Å². The van der Waals surface area contributed by atoms with E-state index in [4.69, 9.17) is 9.47 Å². The number of halogens is 6. The molecule has 0 radical (unpaired) electrons. The lowest BCUT2D eigenvalue weighted by atomic mass is 9.92. The van der Waals surface area contributed by atoms with Crippen molar-refractivity contribution in [1.29, 1.82) is 0 Å². The number of alkyl halides is 6. The molecule has 0 atom stereocenters. The third-order valence-electron chi connectivity index (χ3n) is 10.9. The van der Waals surface area contributed by atoms with Gasteiger partial charge in [-0.25, -0.2) is 0 Å². The molecule has 2 heterocycles. The van der Waals surface area contributed by atoms with Crippen LogP contribution in [0.4, 0.5) is 26.3 Å². The van der Waals surface area contributed by atoms with Gasteiger partial charge in [0.15, 0.2) is 10.1 Å². The monoisotopic (exact) mass is 856 g/mol. The average molecular weight is 857 g/mol. The molecule has 2 aromatic heterocycles. The van der Waals surface area contributed by atoms with E-state index in [0.29, 0.717) is 20.9 Å². The van der Waals surface area contributed by atoms with Crippen LogP contribution in [0.3, 0.4) is 0 Å². The summed E-state index contributed by atoms with van der Waals surface area (Å²) in [7, 11) is 2.40. The van der Waals surface area contributed by atoms with Gasteiger partial charge in [-0.1, -0.05) is 168 Å². The molecule has 0 amide bonds. The van der Waals surface area contributed by atoms with Crippen LogP contribution in [0.2, 0.25) is 0 Å². The zero-order chi connectivity index (χ0) is 42.5. The molecule has 0 N–H and O–H groups in total. The number of rotatable bonds is 10. The first-order valence-corrected chi connectivity index (χ1v) is 20.8. The van der Waals surface area contributed by atoms with Crippen LogP contribution in [0, 0.1) is 0 Å². The second-order valence-corrected chi connectivity index (χ2v) is 16.5. The molecular formula is C51H34F6O2S2. The van der Waals surface area contributed by atoms with Crippen LogP contribution in [-0.4, -0.2) is 32.0 Å². The minimum atomic E-state index is -5.80. The summed E-state index contributed by atoms with van der Waals surface area (Å²) in [6, 6.07) is 51.8. The molecule has 0 saturated carbocycles. The zero-order valence-corrected chi connectivity index (χ0v) is 34.2. The van der Waals surface area contributed by atoms with Crippen LogP contribution in [0.15, 0.2) is 170 Å². The topological polar surface area (TPSA) is 18.5 Å². The van der Waals surface area contributed by atoms with E-state index < -0.39 is 40.0 Å². The van der Waals surface area contributed by atoms with Crippen molar-refractivity contribution in [1.82, 2.24) is 0 Å². The second kappa shape index (κ2) is 15.6. The highest BCUT2D eigenvalue weighted by molar-refractivity contribution is 7.18. The molecule has 0 aliphatic heterocycles. The van der Waals surface area contributed by atoms with Crippen molar-refractivity contribution >= 4 is 33.8 Å². The maximum Gasteiger partial charge on any atom is 0.380 e. The van der Waals surface area contributed by atoms with Crippen molar-refractivity contribution in [3.63, 3.8) is 0 Å². The van der Waals surface area contributed by atoms with Gasteiger partial charge in [-0.2, -0.15) is 26.3 Å². The molecule has 0 fully saturated rings. The van der Waals surface area contributed by atoms with E-state index >= 15 is 26.3 Å². The fraction of sp³-hybridized carbons (Fsp3) is 0.0980. The van der Waals surface area contributed by atoms with Crippen molar-refractivity contribution in [3.05, 3.63) is 181 Å². The number of allylic oxidation sites excluding steroid dienone is 2. The molecule has 1 aliphatic rings. The summed E-state index contributed by atoms with van der Waals surface area (Å²) in [5.74, 6) is -16.4. The Morgan fingerprint density at radius 3 is 1.00 bits per heavy atom. The van der Waals surface area contributed by atoms with E-state index in [2.05, 4.69) is 0 Å². The normalized spacial score (nSPS) is 15.2. The van der Waals surface area contributed by atoms with Crippen LogP contribution in [-0.2, 0) is 0 Å². The van der Waals surface area contributed by atoms with E-state index in [1.54, 1.807) is 0 Å². The number of methoxy groups -OCH3 is 2. The van der Waals surface area contributed by atoms with Gasteiger partial charge >= 0.3 is 17.8 Å². The summed E-state index contributed by atoms with van der Waals surface area (Å²) in [5, 5.41) is -0.446. The van der Waals surface area contributed by atoms with Crippen LogP contribution in [0.1, 0.15) is 11.1 Å². The largest absolute Gasteiger partial charge is 0.487 e. The van der Waals surface area contributed by atoms with E-state index in [-0.39, 0.29) is 10.1 Å². The van der Waals surface area contributed by atoms with Crippen LogP contribution >= 0.6 is 22.7 Å². The molecule has 0 spiro atoms. The molecule has 61 heavy (non-hydrogen) atoms. The maximum atomic E-state index is 16.5. The summed E-state index contributed by atoms with van der Waals surface area (Å²) < 4.78 is 109. The number of benzene rings is 6. The predicted molar refractivity (Wildman–Crippen MR) is 236 cm³/mol. The van der Waals surface area contributed by atoms with E-state index in [0.717, 1.165) is 67.2 Å². The Balaban J connectivity index is 1.25. The Morgan fingerprint density at radius 1 is 0.344 bits per heavy atom. The highest BCUT2D eigenvalue weighted by Gasteiger charge is 2.80. The third kappa shape index (κ3) is 6.74. The van der Waals surface area contributed by atoms with Crippen LogP contribution in [0.25, 0.3) is 76.5 Å². The molecule has 8 aromatic rings. The number of hydrogen-bond donors (Lipinski definition) is 0. The van der Waals surface area contributed by atoms with E-state index in [9.17, 15) is 0 Å². The minimum Gasteiger partial charge on any atom is -0.487 e. The maximum absolute atomic E-state index is 16.5. The van der Waals surface area contributed by atoms with Gasteiger partial charge in [-0.05, 0) is 79.9 Å². The highest BCUT2D eigenvalue weighted by Crippen LogP contribution is 2.67. The van der Waals surface area contributed by atoms with Gasteiger partial charge in [0, 0.05) is 32.0 Å². The molecule has 0 bridgehead atoms. The first-order valence-electron chi connectivity index (χ1n) is 19.2. The lowest BCUT2D eigenvalue weighted by Gasteiger charge is -2.25. The molecule has 9 rings (SSSR count). The van der Waals surface area contributed by atoms with Crippen LogP contribution < -0.4 is 9.47 Å². The number of hydrogen-bond acceptors (Lipinski definition) is 4. The van der Waals surface area contributed by atoms with Gasteiger partial charge < -0.3 is 9.47 Å². The van der Waals surface area contributed by atoms with Gasteiger partial charge in [-0.15, -0.1) is 0 Å². The number of ether oxygens (including phenoxy) is 2. The summed E-state index contributed by atoms with van der Waals surface area (Å²) >= 11 is 1.82. The minimum absolute atomic E-state index is 0.223. The van der Waals surface area contributed by atoms with Crippen LogP contribution in [0.5, 0.6) is 10.1 Å². The fourth-order valence-electron chi connectivity index (χ4n) is 7.95. The second-order valence-electron chi connectivity index (χ2n) is 14.5. The van der Waals surface area contributed by atoms with Gasteiger partial charge in [0.2, 0.25) is 0 Å². The Bertz CT molecular complexity index is 2710. The summed E-state index contributed by atoms with van der Waals surface area (Å²) in [6.45, 7) is 0. The molecule has 304 valence electrons. The lowest BCUT2D eigenvalue weighted by molar-refractivity contribution is -0.254.